The van der Waals surface area contributed by atoms with Crippen LogP contribution in [0, 0.1) is 20.8 Å². The Morgan fingerprint density at radius 2 is 1.52 bits per heavy atom. The van der Waals surface area contributed by atoms with Crippen LogP contribution in [0.15, 0.2) is 54.1 Å². The number of hydrogen-bond acceptors (Lipinski definition) is 0. The van der Waals surface area contributed by atoms with Gasteiger partial charge in [-0.1, -0.05) is 89.3 Å². The Morgan fingerprint density at radius 3 is 2.07 bits per heavy atom. The maximum Gasteiger partial charge on any atom is 3.00 e. The first-order valence-corrected chi connectivity index (χ1v) is 8.71. The summed E-state index contributed by atoms with van der Waals surface area (Å²) in [5.41, 5.74) is 10.4. The van der Waals surface area contributed by atoms with Crippen molar-refractivity contribution in [3.8, 4) is 0 Å². The zero-order valence-corrected chi connectivity index (χ0v) is 19.7. The molecule has 2 aromatic rings. The van der Waals surface area contributed by atoms with Gasteiger partial charge in [-0.2, -0.15) is 0 Å². The molecule has 1 radical (unpaired) electrons. The molecule has 3 rings (SSSR count). The van der Waals surface area contributed by atoms with Crippen LogP contribution >= 0.6 is 0 Å². The fourth-order valence-electron chi connectivity index (χ4n) is 3.64. The number of nitrogens with zero attached hydrogens (tertiary/aromatic N) is 1. The summed E-state index contributed by atoms with van der Waals surface area (Å²) in [6, 6.07) is 13.3. The molecule has 27 heavy (non-hydrogen) atoms. The maximum atomic E-state index is 5.08. The Kier molecular flexibility index (Phi) is 10.7. The normalized spacial score (nSPS) is 13.4. The monoisotopic (exact) mass is 434 g/mol. The molecule has 1 unspecified atom stereocenters. The Bertz CT molecular complexity index is 817. The molecule has 0 saturated heterocycles. The van der Waals surface area contributed by atoms with Gasteiger partial charge in [0.25, 0.3) is 0 Å². The van der Waals surface area contributed by atoms with Gasteiger partial charge < -0.3 is 30.1 Å². The molecule has 0 fully saturated rings. The summed E-state index contributed by atoms with van der Waals surface area (Å²) in [6.45, 7) is 10.8. The summed E-state index contributed by atoms with van der Waals surface area (Å²) in [4.78, 5) is 0. The smallest absolute Gasteiger partial charge is 1.00 e. The number of allylic oxidation sites excluding steroid dienone is 4. The average Bonchev–Trinajstić information content (AvgIpc) is 2.97. The van der Waals surface area contributed by atoms with Crippen LogP contribution in [0.5, 0.6) is 0 Å². The summed E-state index contributed by atoms with van der Waals surface area (Å²) < 4.78 is 0. The van der Waals surface area contributed by atoms with Crippen LogP contribution in [0.25, 0.3) is 10.9 Å². The van der Waals surface area contributed by atoms with Gasteiger partial charge in [0.05, 0.1) is 0 Å². The van der Waals surface area contributed by atoms with Crippen molar-refractivity contribution < 1.29 is 46.5 Å². The van der Waals surface area contributed by atoms with E-state index in [1.165, 1.54) is 39.0 Å². The minimum atomic E-state index is 0. The Morgan fingerprint density at radius 1 is 0.926 bits per heavy atom. The fourth-order valence-corrected chi connectivity index (χ4v) is 3.64. The molecule has 1 aliphatic rings. The van der Waals surface area contributed by atoms with Crippen LogP contribution in [-0.4, -0.2) is 0 Å². The minimum Gasteiger partial charge on any atom is -1.00 e. The number of rotatable bonds is 4. The van der Waals surface area contributed by atoms with Gasteiger partial charge in [-0.05, 0) is 45.3 Å². The van der Waals surface area contributed by atoms with Crippen LogP contribution < -0.4 is 24.8 Å². The summed E-state index contributed by atoms with van der Waals surface area (Å²) >= 11 is 0. The van der Waals surface area contributed by atoms with E-state index in [1.807, 2.05) is 0 Å². The number of aryl methyl sites for hydroxylation is 3. The van der Waals surface area contributed by atoms with Gasteiger partial charge in [-0.25, -0.2) is 0 Å². The third-order valence-electron chi connectivity index (χ3n) is 4.76. The van der Waals surface area contributed by atoms with Gasteiger partial charge >= 0.3 is 21.7 Å². The van der Waals surface area contributed by atoms with Crippen molar-refractivity contribution in [2.24, 2.45) is 0 Å². The number of benzene rings is 2. The maximum absolute atomic E-state index is 5.08. The van der Waals surface area contributed by atoms with E-state index in [4.69, 9.17) is 5.32 Å². The topological polar surface area (TPSA) is 14.1 Å². The van der Waals surface area contributed by atoms with Gasteiger partial charge in [0.15, 0.2) is 0 Å². The van der Waals surface area contributed by atoms with Gasteiger partial charge in [0.1, 0.15) is 0 Å². The van der Waals surface area contributed by atoms with Crippen LogP contribution in [0.1, 0.15) is 54.1 Å². The Labute approximate surface area is 191 Å². The van der Waals surface area contributed by atoms with Gasteiger partial charge in [0.2, 0.25) is 0 Å². The van der Waals surface area contributed by atoms with Crippen molar-refractivity contribution in [2.45, 2.75) is 47.1 Å². The second-order valence-corrected chi connectivity index (χ2v) is 6.96. The van der Waals surface area contributed by atoms with E-state index < -0.39 is 0 Å². The van der Waals surface area contributed by atoms with E-state index >= 15 is 0 Å². The predicted molar refractivity (Wildman–Crippen MR) is 105 cm³/mol. The van der Waals surface area contributed by atoms with Gasteiger partial charge in [-0.3, -0.25) is 0 Å². The summed E-state index contributed by atoms with van der Waals surface area (Å²) in [7, 11) is 0. The van der Waals surface area contributed by atoms with E-state index in [9.17, 15) is 0 Å². The molecule has 141 valence electrons. The van der Waals surface area contributed by atoms with E-state index in [2.05, 4.69) is 83.2 Å². The number of halogens is 2. The molecule has 0 saturated carbocycles. The van der Waals surface area contributed by atoms with Crippen LogP contribution in [0.2, 0.25) is 0 Å². The predicted octanol–water partition coefficient (Wildman–Crippen LogP) is 1.12. The first-order chi connectivity index (χ1) is 11.5. The Hall–Kier alpha value is -0.986. The van der Waals surface area contributed by atoms with E-state index in [1.54, 1.807) is 0 Å². The molecular weight excluding hydrogens is 409 g/mol. The van der Waals surface area contributed by atoms with E-state index in [0.717, 1.165) is 12.1 Å². The molecule has 1 aliphatic carbocycles. The van der Waals surface area contributed by atoms with Crippen molar-refractivity contribution in [1.29, 1.82) is 0 Å². The van der Waals surface area contributed by atoms with Crippen molar-refractivity contribution in [3.63, 3.8) is 0 Å². The van der Waals surface area contributed by atoms with Gasteiger partial charge in [0, 0.05) is 0 Å². The van der Waals surface area contributed by atoms with Crippen LogP contribution in [-0.2, 0) is 21.7 Å². The molecule has 0 heterocycles. The van der Waals surface area contributed by atoms with Crippen molar-refractivity contribution in [1.82, 2.24) is 0 Å². The molecule has 2 aromatic carbocycles. The largest absolute Gasteiger partial charge is 3.00 e. The second kappa shape index (κ2) is 11.1. The van der Waals surface area contributed by atoms with Crippen molar-refractivity contribution in [2.75, 3.05) is 0 Å². The third-order valence-corrected chi connectivity index (χ3v) is 4.76. The average molecular weight is 435 g/mol. The molecule has 0 amide bonds. The van der Waals surface area contributed by atoms with Gasteiger partial charge in [-0.15, -0.1) is 5.69 Å². The molecule has 0 aromatic heterocycles. The minimum absolute atomic E-state index is 0. The zero-order valence-electron chi connectivity index (χ0n) is 16.6. The zero-order chi connectivity index (χ0) is 17.3. The number of hydrogen-bond donors (Lipinski definition) is 0. The molecule has 0 aliphatic heterocycles. The molecule has 0 bridgehead atoms. The van der Waals surface area contributed by atoms with Crippen molar-refractivity contribution in [3.05, 3.63) is 87.3 Å². The molecule has 1 nitrogen and oxygen atoms in total. The quantitative estimate of drug-likeness (QED) is 0.640. The van der Waals surface area contributed by atoms with E-state index in [-0.39, 0.29) is 52.6 Å². The Balaban J connectivity index is 0.00000225. The molecule has 1 atom stereocenters. The molecule has 0 spiro atoms. The van der Waals surface area contributed by atoms with Crippen LogP contribution in [0.4, 0.5) is 5.69 Å². The second-order valence-electron chi connectivity index (χ2n) is 6.96. The third kappa shape index (κ3) is 5.99. The fraction of sp³-hybridized carbons (Fsp3) is 0.304. The summed E-state index contributed by atoms with van der Waals surface area (Å²) in [5.74, 6) is 0. The van der Waals surface area contributed by atoms with Crippen molar-refractivity contribution >= 4 is 11.3 Å². The first-order valence-electron chi connectivity index (χ1n) is 8.71. The van der Waals surface area contributed by atoms with E-state index in [0.29, 0.717) is 0 Å². The summed E-state index contributed by atoms with van der Waals surface area (Å²) in [6.07, 6.45) is 5.62. The molecular formula is C23H26Cl2NTi. The standard InChI is InChI=1S/C23H26N.2ClH.Ti/c1-15-10-11-20(14-15)22-9-7-6-8-21(22)19(5)24-23-17(3)12-16(2)13-18(23)4;;;/h6-10,12-14,19H,11H2,1-5H3;2*1H;/q-1;;;+3/p-2. The molecule has 4 heteroatoms. The molecule has 0 N–H and O–H groups in total. The SMILES string of the molecule is CC1=CCC(c2ccccc2C(C)[N-]c2c(C)cc(C)cc2C)=C1.[Cl-].[Cl-].[Ti+3]. The first kappa shape index (κ1) is 26.0. The van der Waals surface area contributed by atoms with Crippen LogP contribution in [0.3, 0.4) is 0 Å². The summed E-state index contributed by atoms with van der Waals surface area (Å²) in [5, 5.41) is 5.08.